The van der Waals surface area contributed by atoms with Crippen LogP contribution in [0.1, 0.15) is 25.7 Å². The van der Waals surface area contributed by atoms with Crippen LogP contribution in [0.15, 0.2) is 0 Å². The summed E-state index contributed by atoms with van der Waals surface area (Å²) in [5.74, 6) is 0. The van der Waals surface area contributed by atoms with Gasteiger partial charge in [0.2, 0.25) is 0 Å². The van der Waals surface area contributed by atoms with Gasteiger partial charge in [-0.2, -0.15) is 13.1 Å². The molecule has 5 nitrogen and oxygen atoms in total. The average molecular weight is 208 g/mol. The molecule has 0 spiro atoms. The molecule has 1 rings (SSSR count). The summed E-state index contributed by atoms with van der Waals surface area (Å²) in [7, 11) is -2.01. The molecule has 0 bridgehead atoms. The first-order valence-corrected chi connectivity index (χ1v) is 5.90. The molecule has 0 aromatic heterocycles. The molecule has 0 saturated heterocycles. The lowest BCUT2D eigenvalue weighted by Gasteiger charge is -2.29. The van der Waals surface area contributed by atoms with Crippen LogP contribution >= 0.6 is 0 Å². The Bertz CT molecular complexity index is 252. The molecule has 2 atom stereocenters. The third kappa shape index (κ3) is 3.60. The van der Waals surface area contributed by atoms with Crippen LogP contribution in [0.5, 0.6) is 0 Å². The van der Waals surface area contributed by atoms with Gasteiger partial charge < -0.3 is 4.74 Å². The SMILES string of the molecule is COC1CCCCC1NS(N)(=O)=O. The van der Waals surface area contributed by atoms with Gasteiger partial charge in [0.15, 0.2) is 0 Å². The fourth-order valence-electron chi connectivity index (χ4n) is 1.72. The summed E-state index contributed by atoms with van der Waals surface area (Å²) in [5, 5.41) is 4.89. The van der Waals surface area contributed by atoms with Gasteiger partial charge in [0, 0.05) is 13.2 Å². The van der Waals surface area contributed by atoms with Gasteiger partial charge in [-0.05, 0) is 12.8 Å². The van der Waals surface area contributed by atoms with Gasteiger partial charge in [-0.25, -0.2) is 5.14 Å². The van der Waals surface area contributed by atoms with E-state index in [4.69, 9.17) is 9.88 Å². The Morgan fingerprint density at radius 2 is 2.00 bits per heavy atom. The van der Waals surface area contributed by atoms with E-state index in [-0.39, 0.29) is 12.1 Å². The number of rotatable bonds is 3. The molecule has 3 N–H and O–H groups in total. The molecular formula is C7H16N2O3S. The third-order valence-electron chi connectivity index (χ3n) is 2.32. The van der Waals surface area contributed by atoms with Gasteiger partial charge in [0.1, 0.15) is 0 Å². The Morgan fingerprint density at radius 3 is 2.54 bits per heavy atom. The van der Waals surface area contributed by atoms with E-state index in [1.807, 2.05) is 0 Å². The van der Waals surface area contributed by atoms with Crippen molar-refractivity contribution in [3.8, 4) is 0 Å². The van der Waals surface area contributed by atoms with Crippen molar-refractivity contribution < 1.29 is 13.2 Å². The van der Waals surface area contributed by atoms with Crippen LogP contribution in [0.25, 0.3) is 0 Å². The van der Waals surface area contributed by atoms with Crippen LogP contribution in [0.2, 0.25) is 0 Å². The third-order valence-corrected chi connectivity index (χ3v) is 2.95. The lowest BCUT2D eigenvalue weighted by atomic mass is 9.93. The first-order valence-electron chi connectivity index (χ1n) is 4.36. The normalized spacial score (nSPS) is 30.3. The molecule has 1 saturated carbocycles. The summed E-state index contributed by atoms with van der Waals surface area (Å²) in [6.07, 6.45) is 3.76. The molecule has 0 radical (unpaired) electrons. The van der Waals surface area contributed by atoms with Crippen molar-refractivity contribution in [2.75, 3.05) is 7.11 Å². The molecule has 0 aromatic rings. The van der Waals surface area contributed by atoms with E-state index in [9.17, 15) is 8.42 Å². The van der Waals surface area contributed by atoms with E-state index in [1.54, 1.807) is 7.11 Å². The van der Waals surface area contributed by atoms with Crippen molar-refractivity contribution in [3.63, 3.8) is 0 Å². The second kappa shape index (κ2) is 4.36. The first-order chi connectivity index (χ1) is 6.03. The lowest BCUT2D eigenvalue weighted by molar-refractivity contribution is 0.0493. The minimum absolute atomic E-state index is 0.0351. The zero-order valence-corrected chi connectivity index (χ0v) is 8.51. The number of ether oxygens (including phenoxy) is 1. The van der Waals surface area contributed by atoms with Crippen molar-refractivity contribution in [3.05, 3.63) is 0 Å². The molecule has 13 heavy (non-hydrogen) atoms. The summed E-state index contributed by atoms with van der Waals surface area (Å²) in [6, 6.07) is -0.159. The van der Waals surface area contributed by atoms with Gasteiger partial charge in [0.05, 0.1) is 6.10 Å². The van der Waals surface area contributed by atoms with Crippen LogP contribution in [-0.4, -0.2) is 27.7 Å². The van der Waals surface area contributed by atoms with Gasteiger partial charge in [0.25, 0.3) is 10.2 Å². The minimum atomic E-state index is -3.60. The van der Waals surface area contributed by atoms with E-state index in [1.165, 1.54) is 0 Å². The second-order valence-corrected chi connectivity index (χ2v) is 4.65. The largest absolute Gasteiger partial charge is 0.380 e. The quantitative estimate of drug-likeness (QED) is 0.670. The molecule has 1 fully saturated rings. The zero-order valence-electron chi connectivity index (χ0n) is 7.69. The average Bonchev–Trinajstić information content (AvgIpc) is 2.02. The maximum atomic E-state index is 10.8. The highest BCUT2D eigenvalue weighted by Crippen LogP contribution is 2.20. The molecule has 0 aliphatic heterocycles. The van der Waals surface area contributed by atoms with Crippen molar-refractivity contribution in [1.29, 1.82) is 0 Å². The van der Waals surface area contributed by atoms with Gasteiger partial charge >= 0.3 is 0 Å². The standard InChI is InChI=1S/C7H16N2O3S/c1-12-7-5-3-2-4-6(7)9-13(8,10)11/h6-7,9H,2-5H2,1H3,(H2,8,10,11). The van der Waals surface area contributed by atoms with Gasteiger partial charge in [-0.1, -0.05) is 12.8 Å². The van der Waals surface area contributed by atoms with E-state index in [2.05, 4.69) is 4.72 Å². The van der Waals surface area contributed by atoms with Crippen LogP contribution < -0.4 is 9.86 Å². The minimum Gasteiger partial charge on any atom is -0.380 e. The molecule has 2 unspecified atom stereocenters. The highest BCUT2D eigenvalue weighted by molar-refractivity contribution is 7.87. The Balaban J connectivity index is 2.55. The number of nitrogens with one attached hydrogen (secondary N) is 1. The maximum Gasteiger partial charge on any atom is 0.274 e. The Kier molecular flexibility index (Phi) is 3.66. The Labute approximate surface area is 78.8 Å². The summed E-state index contributed by atoms with van der Waals surface area (Å²) in [4.78, 5) is 0. The highest BCUT2D eigenvalue weighted by Gasteiger charge is 2.27. The smallest absolute Gasteiger partial charge is 0.274 e. The number of methoxy groups -OCH3 is 1. The van der Waals surface area contributed by atoms with E-state index in [0.717, 1.165) is 25.7 Å². The number of hydrogen-bond donors (Lipinski definition) is 2. The topological polar surface area (TPSA) is 81.4 Å². The van der Waals surface area contributed by atoms with Crippen molar-refractivity contribution in [2.24, 2.45) is 5.14 Å². The van der Waals surface area contributed by atoms with E-state index in [0.29, 0.717) is 0 Å². The molecule has 1 aliphatic rings. The van der Waals surface area contributed by atoms with Crippen molar-refractivity contribution >= 4 is 10.2 Å². The number of hydrogen-bond acceptors (Lipinski definition) is 3. The summed E-state index contributed by atoms with van der Waals surface area (Å²) < 4.78 is 29.1. The summed E-state index contributed by atoms with van der Waals surface area (Å²) in [6.45, 7) is 0. The second-order valence-electron chi connectivity index (χ2n) is 3.33. The lowest BCUT2D eigenvalue weighted by Crippen LogP contribution is -2.48. The van der Waals surface area contributed by atoms with Crippen LogP contribution in [-0.2, 0) is 14.9 Å². The fraction of sp³-hybridized carbons (Fsp3) is 1.00. The van der Waals surface area contributed by atoms with Crippen LogP contribution in [0.4, 0.5) is 0 Å². The molecular weight excluding hydrogens is 192 g/mol. The van der Waals surface area contributed by atoms with Crippen molar-refractivity contribution in [2.45, 2.75) is 37.8 Å². The maximum absolute atomic E-state index is 10.8. The molecule has 6 heteroatoms. The summed E-state index contributed by atoms with van der Waals surface area (Å²) in [5.41, 5.74) is 0. The molecule has 1 aliphatic carbocycles. The molecule has 78 valence electrons. The van der Waals surface area contributed by atoms with Crippen LogP contribution in [0, 0.1) is 0 Å². The van der Waals surface area contributed by atoms with E-state index < -0.39 is 10.2 Å². The Morgan fingerprint density at radius 1 is 1.38 bits per heavy atom. The zero-order chi connectivity index (χ0) is 9.90. The van der Waals surface area contributed by atoms with E-state index >= 15 is 0 Å². The predicted octanol–water partition coefficient (Wildman–Crippen LogP) is -0.263. The highest BCUT2D eigenvalue weighted by atomic mass is 32.2. The number of nitrogens with two attached hydrogens (primary N) is 1. The fourth-order valence-corrected chi connectivity index (χ4v) is 2.42. The molecule has 0 aromatic carbocycles. The Hall–Kier alpha value is -0.170. The molecule has 0 heterocycles. The predicted molar refractivity (Wildman–Crippen MR) is 49.3 cm³/mol. The van der Waals surface area contributed by atoms with Crippen molar-refractivity contribution in [1.82, 2.24) is 4.72 Å². The molecule has 0 amide bonds. The van der Waals surface area contributed by atoms with Gasteiger partial charge in [-0.3, -0.25) is 0 Å². The first kappa shape index (κ1) is 10.9. The summed E-state index contributed by atoms with van der Waals surface area (Å²) >= 11 is 0. The monoisotopic (exact) mass is 208 g/mol. The van der Waals surface area contributed by atoms with Gasteiger partial charge in [-0.15, -0.1) is 0 Å². The van der Waals surface area contributed by atoms with Crippen LogP contribution in [0.3, 0.4) is 0 Å².